The lowest BCUT2D eigenvalue weighted by atomic mass is 9.54. The van der Waals surface area contributed by atoms with Crippen molar-refractivity contribution in [1.82, 2.24) is 5.32 Å². The molecule has 5 fully saturated rings. The van der Waals surface area contributed by atoms with E-state index < -0.39 is 0 Å². The third-order valence-electron chi connectivity index (χ3n) is 5.78. The zero-order chi connectivity index (χ0) is 13.9. The van der Waals surface area contributed by atoms with Gasteiger partial charge in [-0.05, 0) is 61.7 Å². The monoisotopic (exact) mass is 276 g/mol. The summed E-state index contributed by atoms with van der Waals surface area (Å²) in [4.78, 5) is 16.7. The van der Waals surface area contributed by atoms with Crippen LogP contribution in [0.5, 0.6) is 0 Å². The SMILES string of the molecule is CC(C)C1OC(=NC2C3CC4CC(C3)CC2C4)NC1=O. The first kappa shape index (κ1) is 12.7. The Morgan fingerprint density at radius 1 is 1.10 bits per heavy atom. The molecule has 5 rings (SSSR count). The zero-order valence-corrected chi connectivity index (χ0v) is 12.3. The Morgan fingerprint density at radius 2 is 1.70 bits per heavy atom. The predicted molar refractivity (Wildman–Crippen MR) is 76.1 cm³/mol. The van der Waals surface area contributed by atoms with Crippen molar-refractivity contribution in [3.63, 3.8) is 0 Å². The molecule has 0 aromatic rings. The first-order chi connectivity index (χ1) is 9.60. The highest BCUT2D eigenvalue weighted by Crippen LogP contribution is 2.54. The Hall–Kier alpha value is -1.06. The average molecular weight is 276 g/mol. The van der Waals surface area contributed by atoms with Crippen molar-refractivity contribution in [3.05, 3.63) is 0 Å². The number of carbonyl (C=O) groups is 1. The quantitative estimate of drug-likeness (QED) is 0.841. The maximum absolute atomic E-state index is 11.9. The Morgan fingerprint density at radius 3 is 2.20 bits per heavy atom. The Bertz CT molecular complexity index is 429. The summed E-state index contributed by atoms with van der Waals surface area (Å²) in [5.74, 6) is 3.55. The Labute approximate surface area is 120 Å². The van der Waals surface area contributed by atoms with Crippen LogP contribution in [0, 0.1) is 29.6 Å². The first-order valence-electron chi connectivity index (χ1n) is 8.15. The summed E-state index contributed by atoms with van der Waals surface area (Å²) >= 11 is 0. The largest absolute Gasteiger partial charge is 0.451 e. The van der Waals surface area contributed by atoms with Crippen LogP contribution in [0.25, 0.3) is 0 Å². The maximum atomic E-state index is 11.9. The van der Waals surface area contributed by atoms with Gasteiger partial charge in [-0.1, -0.05) is 13.8 Å². The third-order valence-corrected chi connectivity index (χ3v) is 5.78. The molecule has 4 aliphatic carbocycles. The van der Waals surface area contributed by atoms with Gasteiger partial charge in [-0.15, -0.1) is 0 Å². The smallest absolute Gasteiger partial charge is 0.292 e. The molecule has 1 aliphatic heterocycles. The second kappa shape index (κ2) is 4.47. The summed E-state index contributed by atoms with van der Waals surface area (Å²) in [7, 11) is 0. The molecule has 5 aliphatic rings. The van der Waals surface area contributed by atoms with E-state index in [1.165, 1.54) is 32.1 Å². The van der Waals surface area contributed by atoms with Crippen LogP contribution in [0.1, 0.15) is 46.0 Å². The van der Waals surface area contributed by atoms with Crippen molar-refractivity contribution >= 4 is 11.9 Å². The van der Waals surface area contributed by atoms with Crippen molar-refractivity contribution in [1.29, 1.82) is 0 Å². The second-order valence-electron chi connectivity index (χ2n) is 7.63. The molecule has 1 saturated heterocycles. The van der Waals surface area contributed by atoms with Crippen LogP contribution >= 0.6 is 0 Å². The van der Waals surface area contributed by atoms with Gasteiger partial charge in [-0.25, -0.2) is 4.99 Å². The number of amides is 1. The average Bonchev–Trinajstić information content (AvgIpc) is 2.74. The van der Waals surface area contributed by atoms with E-state index in [-0.39, 0.29) is 17.9 Å². The number of hydrogen-bond acceptors (Lipinski definition) is 3. The molecule has 1 amide bonds. The van der Waals surface area contributed by atoms with Gasteiger partial charge in [0.05, 0.1) is 6.04 Å². The fourth-order valence-electron chi connectivity index (χ4n) is 5.12. The van der Waals surface area contributed by atoms with E-state index in [4.69, 9.17) is 9.73 Å². The summed E-state index contributed by atoms with van der Waals surface area (Å²) in [6.07, 6.45) is 6.47. The van der Waals surface area contributed by atoms with Crippen LogP contribution in [-0.4, -0.2) is 24.1 Å². The van der Waals surface area contributed by atoms with Crippen molar-refractivity contribution < 1.29 is 9.53 Å². The molecular weight excluding hydrogens is 252 g/mol. The van der Waals surface area contributed by atoms with Crippen LogP contribution < -0.4 is 5.32 Å². The maximum Gasteiger partial charge on any atom is 0.292 e. The van der Waals surface area contributed by atoms with Gasteiger partial charge >= 0.3 is 0 Å². The predicted octanol–water partition coefficient (Wildman–Crippen LogP) is 2.34. The van der Waals surface area contributed by atoms with E-state index in [9.17, 15) is 4.79 Å². The van der Waals surface area contributed by atoms with E-state index in [0.717, 1.165) is 23.7 Å². The fraction of sp³-hybridized carbons (Fsp3) is 0.875. The molecule has 4 nitrogen and oxygen atoms in total. The number of carbonyl (C=O) groups excluding carboxylic acids is 1. The lowest BCUT2D eigenvalue weighted by Crippen LogP contribution is -2.48. The van der Waals surface area contributed by atoms with Gasteiger partial charge in [-0.2, -0.15) is 0 Å². The number of nitrogens with zero attached hydrogens (tertiary/aromatic N) is 1. The minimum Gasteiger partial charge on any atom is -0.451 e. The van der Waals surface area contributed by atoms with Crippen molar-refractivity contribution in [2.75, 3.05) is 0 Å². The molecule has 0 spiro atoms. The molecule has 0 aromatic carbocycles. The number of hydrogen-bond donors (Lipinski definition) is 1. The highest BCUT2D eigenvalue weighted by Gasteiger charge is 2.49. The van der Waals surface area contributed by atoms with E-state index in [1.807, 2.05) is 13.8 Å². The molecule has 1 N–H and O–H groups in total. The van der Waals surface area contributed by atoms with Crippen molar-refractivity contribution in [2.45, 2.75) is 58.1 Å². The van der Waals surface area contributed by atoms with E-state index >= 15 is 0 Å². The Kier molecular flexibility index (Phi) is 2.83. The van der Waals surface area contributed by atoms with Gasteiger partial charge < -0.3 is 4.74 Å². The molecule has 1 atom stereocenters. The molecule has 0 aromatic heterocycles. The van der Waals surface area contributed by atoms with Crippen LogP contribution in [-0.2, 0) is 9.53 Å². The number of nitrogens with one attached hydrogen (secondary N) is 1. The molecule has 4 saturated carbocycles. The molecule has 1 unspecified atom stereocenters. The second-order valence-corrected chi connectivity index (χ2v) is 7.63. The van der Waals surface area contributed by atoms with E-state index in [1.54, 1.807) is 0 Å². The van der Waals surface area contributed by atoms with Crippen LogP contribution in [0.15, 0.2) is 4.99 Å². The minimum absolute atomic E-state index is 0.0254. The summed E-state index contributed by atoms with van der Waals surface area (Å²) in [5, 5.41) is 2.83. The number of ether oxygens (including phenoxy) is 1. The van der Waals surface area contributed by atoms with Gasteiger partial charge in [-0.3, -0.25) is 10.1 Å². The molecule has 110 valence electrons. The van der Waals surface area contributed by atoms with Gasteiger partial charge in [0.2, 0.25) is 0 Å². The minimum atomic E-state index is -0.356. The normalized spacial score (nSPS) is 48.0. The summed E-state index contributed by atoms with van der Waals surface area (Å²) < 4.78 is 5.73. The topological polar surface area (TPSA) is 50.7 Å². The fourth-order valence-corrected chi connectivity index (χ4v) is 5.12. The molecule has 1 heterocycles. The lowest BCUT2D eigenvalue weighted by Gasteiger charge is -2.52. The van der Waals surface area contributed by atoms with Crippen molar-refractivity contribution in [2.24, 2.45) is 34.6 Å². The van der Waals surface area contributed by atoms with Gasteiger partial charge in [0.1, 0.15) is 0 Å². The Balaban J connectivity index is 1.52. The summed E-state index contributed by atoms with van der Waals surface area (Å²) in [6.45, 7) is 4.02. The molecule has 0 radical (unpaired) electrons. The van der Waals surface area contributed by atoms with Crippen LogP contribution in [0.3, 0.4) is 0 Å². The molecular formula is C16H24N2O2. The highest BCUT2D eigenvalue weighted by molar-refractivity contribution is 6.02. The highest BCUT2D eigenvalue weighted by atomic mass is 16.5. The number of rotatable bonds is 2. The summed E-state index contributed by atoms with van der Waals surface area (Å²) in [5.41, 5.74) is 0. The molecule has 20 heavy (non-hydrogen) atoms. The van der Waals surface area contributed by atoms with E-state index in [0.29, 0.717) is 12.1 Å². The standard InChI is InChI=1S/C16H24N2O2/c1-8(2)14-15(19)18-16(20-14)17-13-11-4-9-3-10(6-11)7-12(13)5-9/h8-14H,3-7H2,1-2H3,(H,17,18,19). The first-order valence-corrected chi connectivity index (χ1v) is 8.15. The van der Waals surface area contributed by atoms with Gasteiger partial charge in [0, 0.05) is 0 Å². The van der Waals surface area contributed by atoms with Crippen LogP contribution in [0.2, 0.25) is 0 Å². The van der Waals surface area contributed by atoms with Gasteiger partial charge in [0.15, 0.2) is 6.10 Å². The van der Waals surface area contributed by atoms with Crippen LogP contribution in [0.4, 0.5) is 0 Å². The van der Waals surface area contributed by atoms with Crippen molar-refractivity contribution in [3.8, 4) is 0 Å². The third kappa shape index (κ3) is 1.95. The number of aliphatic imine (C=N–C) groups is 1. The summed E-state index contributed by atoms with van der Waals surface area (Å²) in [6, 6.07) is 0.884. The molecule has 4 bridgehead atoms. The van der Waals surface area contributed by atoms with E-state index in [2.05, 4.69) is 5.32 Å². The lowest BCUT2D eigenvalue weighted by molar-refractivity contribution is -0.124. The zero-order valence-electron chi connectivity index (χ0n) is 12.3. The number of amidine groups is 1. The van der Waals surface area contributed by atoms with Gasteiger partial charge in [0.25, 0.3) is 11.9 Å². The molecule has 4 heteroatoms.